The molecule has 0 aliphatic carbocycles. The number of nitrogens with two attached hydrogens (primary N) is 1. The van der Waals surface area contributed by atoms with E-state index in [1.54, 1.807) is 13.0 Å². The van der Waals surface area contributed by atoms with Crippen LogP contribution in [0.3, 0.4) is 0 Å². The van der Waals surface area contributed by atoms with Gasteiger partial charge >= 0.3 is 0 Å². The second kappa shape index (κ2) is 7.41. The molecular formula is C16H23N3O4. The standard InChI is InChI=1S/C16H23N3O4/c1-10-8-13(15(17)14(9-10)19(21)22)16(20)18-11(2)5-6-12-4-3-7-23-12/h8-9,11-12H,3-7,17H2,1-2H3,(H,18,20)/t11-,12+/m0/s1. The van der Waals surface area contributed by atoms with Crippen molar-refractivity contribution in [1.82, 2.24) is 5.32 Å². The molecule has 1 aromatic carbocycles. The van der Waals surface area contributed by atoms with Crippen LogP contribution in [0.5, 0.6) is 0 Å². The van der Waals surface area contributed by atoms with Gasteiger partial charge in [0, 0.05) is 18.7 Å². The van der Waals surface area contributed by atoms with Crippen LogP contribution < -0.4 is 11.1 Å². The second-order valence-corrected chi connectivity index (χ2v) is 6.09. The van der Waals surface area contributed by atoms with Gasteiger partial charge in [0.05, 0.1) is 16.6 Å². The van der Waals surface area contributed by atoms with E-state index in [2.05, 4.69) is 5.32 Å². The second-order valence-electron chi connectivity index (χ2n) is 6.09. The summed E-state index contributed by atoms with van der Waals surface area (Å²) in [6.45, 7) is 4.42. The largest absolute Gasteiger partial charge is 0.393 e. The van der Waals surface area contributed by atoms with Crippen LogP contribution >= 0.6 is 0 Å². The van der Waals surface area contributed by atoms with Crippen molar-refractivity contribution in [3.63, 3.8) is 0 Å². The molecule has 1 amide bonds. The minimum Gasteiger partial charge on any atom is -0.393 e. The summed E-state index contributed by atoms with van der Waals surface area (Å²) in [5.74, 6) is -0.380. The molecule has 1 aliphatic heterocycles. The van der Waals surface area contributed by atoms with Gasteiger partial charge in [-0.3, -0.25) is 14.9 Å². The van der Waals surface area contributed by atoms with Crippen molar-refractivity contribution in [2.75, 3.05) is 12.3 Å². The number of aryl methyl sites for hydroxylation is 1. The zero-order valence-corrected chi connectivity index (χ0v) is 13.5. The van der Waals surface area contributed by atoms with E-state index in [1.807, 2.05) is 6.92 Å². The maximum absolute atomic E-state index is 12.4. The van der Waals surface area contributed by atoms with Crippen LogP contribution in [-0.2, 0) is 4.74 Å². The molecule has 1 aliphatic rings. The van der Waals surface area contributed by atoms with Gasteiger partial charge in [0.25, 0.3) is 11.6 Å². The highest BCUT2D eigenvalue weighted by Crippen LogP contribution is 2.27. The average molecular weight is 321 g/mol. The molecular weight excluding hydrogens is 298 g/mol. The number of nitrogens with one attached hydrogen (secondary N) is 1. The monoisotopic (exact) mass is 321 g/mol. The fourth-order valence-corrected chi connectivity index (χ4v) is 2.80. The first-order chi connectivity index (χ1) is 10.9. The number of hydrogen-bond acceptors (Lipinski definition) is 5. The Kier molecular flexibility index (Phi) is 5.54. The Bertz CT molecular complexity index is 597. The van der Waals surface area contributed by atoms with Crippen LogP contribution in [0.15, 0.2) is 12.1 Å². The van der Waals surface area contributed by atoms with Crippen molar-refractivity contribution in [1.29, 1.82) is 0 Å². The van der Waals surface area contributed by atoms with E-state index in [1.165, 1.54) is 6.07 Å². The Labute approximate surface area is 135 Å². The highest BCUT2D eigenvalue weighted by molar-refractivity contribution is 6.01. The summed E-state index contributed by atoms with van der Waals surface area (Å²) in [5.41, 5.74) is 6.23. The number of nitrogens with zero attached hydrogens (tertiary/aromatic N) is 1. The van der Waals surface area contributed by atoms with E-state index in [0.29, 0.717) is 5.56 Å². The molecule has 1 aromatic rings. The third kappa shape index (κ3) is 4.41. The van der Waals surface area contributed by atoms with Gasteiger partial charge in [0.15, 0.2) is 0 Å². The molecule has 1 fully saturated rings. The summed E-state index contributed by atoms with van der Waals surface area (Å²) in [6, 6.07) is 2.89. The number of carbonyl (C=O) groups is 1. The van der Waals surface area contributed by atoms with Crippen molar-refractivity contribution in [3.05, 3.63) is 33.4 Å². The lowest BCUT2D eigenvalue weighted by Crippen LogP contribution is -2.33. The third-order valence-electron chi connectivity index (χ3n) is 4.07. The molecule has 2 atom stereocenters. The number of ether oxygens (including phenoxy) is 1. The van der Waals surface area contributed by atoms with Crippen molar-refractivity contribution in [2.24, 2.45) is 0 Å². The molecule has 7 nitrogen and oxygen atoms in total. The number of nitro groups is 1. The highest BCUT2D eigenvalue weighted by atomic mass is 16.6. The first-order valence-electron chi connectivity index (χ1n) is 7.85. The number of amides is 1. The smallest absolute Gasteiger partial charge is 0.293 e. The predicted octanol–water partition coefficient (Wildman–Crippen LogP) is 2.56. The first-order valence-corrected chi connectivity index (χ1v) is 7.85. The Balaban J connectivity index is 2.00. The van der Waals surface area contributed by atoms with Crippen molar-refractivity contribution in [3.8, 4) is 0 Å². The van der Waals surface area contributed by atoms with Crippen LogP contribution in [0.1, 0.15) is 48.5 Å². The van der Waals surface area contributed by atoms with E-state index in [-0.39, 0.29) is 35.0 Å². The van der Waals surface area contributed by atoms with Gasteiger partial charge in [-0.05, 0) is 51.2 Å². The van der Waals surface area contributed by atoms with Gasteiger partial charge in [0.1, 0.15) is 5.69 Å². The minimum absolute atomic E-state index is 0.0503. The molecule has 0 spiro atoms. The molecule has 2 rings (SSSR count). The van der Waals surface area contributed by atoms with Gasteiger partial charge < -0.3 is 15.8 Å². The van der Waals surface area contributed by atoms with Crippen LogP contribution in [0.4, 0.5) is 11.4 Å². The maximum atomic E-state index is 12.4. The fourth-order valence-electron chi connectivity index (χ4n) is 2.80. The lowest BCUT2D eigenvalue weighted by Gasteiger charge is -2.17. The maximum Gasteiger partial charge on any atom is 0.293 e. The Morgan fingerprint density at radius 2 is 2.30 bits per heavy atom. The van der Waals surface area contributed by atoms with E-state index in [0.717, 1.165) is 32.3 Å². The van der Waals surface area contributed by atoms with E-state index >= 15 is 0 Å². The molecule has 0 saturated carbocycles. The molecule has 0 aromatic heterocycles. The normalized spacial score (nSPS) is 18.6. The number of benzene rings is 1. The zero-order valence-electron chi connectivity index (χ0n) is 13.5. The number of nitro benzene ring substituents is 1. The average Bonchev–Trinajstić information content (AvgIpc) is 3.00. The molecule has 1 heterocycles. The third-order valence-corrected chi connectivity index (χ3v) is 4.07. The lowest BCUT2D eigenvalue weighted by atomic mass is 10.0. The van der Waals surface area contributed by atoms with Crippen LogP contribution in [-0.4, -0.2) is 29.6 Å². The topological polar surface area (TPSA) is 107 Å². The van der Waals surface area contributed by atoms with Gasteiger partial charge in [0.2, 0.25) is 0 Å². The van der Waals surface area contributed by atoms with Crippen molar-refractivity contribution >= 4 is 17.3 Å². The fraction of sp³-hybridized carbons (Fsp3) is 0.562. The number of carbonyl (C=O) groups excluding carboxylic acids is 1. The summed E-state index contributed by atoms with van der Waals surface area (Å²) in [6.07, 6.45) is 4.13. The molecule has 3 N–H and O–H groups in total. The van der Waals surface area contributed by atoms with E-state index in [4.69, 9.17) is 10.5 Å². The number of anilines is 1. The zero-order chi connectivity index (χ0) is 17.0. The molecule has 1 saturated heterocycles. The van der Waals surface area contributed by atoms with E-state index in [9.17, 15) is 14.9 Å². The van der Waals surface area contributed by atoms with Gasteiger partial charge in [-0.25, -0.2) is 0 Å². The number of rotatable bonds is 6. The van der Waals surface area contributed by atoms with Crippen LogP contribution in [0, 0.1) is 17.0 Å². The summed E-state index contributed by atoms with van der Waals surface area (Å²) < 4.78 is 5.56. The van der Waals surface area contributed by atoms with Gasteiger partial charge in [-0.1, -0.05) is 0 Å². The summed E-state index contributed by atoms with van der Waals surface area (Å²) in [7, 11) is 0. The summed E-state index contributed by atoms with van der Waals surface area (Å²) >= 11 is 0. The quantitative estimate of drug-likeness (QED) is 0.475. The molecule has 23 heavy (non-hydrogen) atoms. The summed E-state index contributed by atoms with van der Waals surface area (Å²) in [5, 5.41) is 13.9. The molecule has 126 valence electrons. The number of nitrogen functional groups attached to an aromatic ring is 1. The molecule has 0 radical (unpaired) electrons. The molecule has 0 unspecified atom stereocenters. The minimum atomic E-state index is -0.569. The Morgan fingerprint density at radius 1 is 1.57 bits per heavy atom. The van der Waals surface area contributed by atoms with Crippen LogP contribution in [0.2, 0.25) is 0 Å². The van der Waals surface area contributed by atoms with Crippen molar-refractivity contribution in [2.45, 2.75) is 51.7 Å². The van der Waals surface area contributed by atoms with Crippen LogP contribution in [0.25, 0.3) is 0 Å². The van der Waals surface area contributed by atoms with E-state index < -0.39 is 4.92 Å². The SMILES string of the molecule is Cc1cc(C(=O)N[C@@H](C)CC[C@H]2CCCO2)c(N)c([N+](=O)[O-])c1. The molecule has 7 heteroatoms. The lowest BCUT2D eigenvalue weighted by molar-refractivity contribution is -0.384. The Hall–Kier alpha value is -2.15. The van der Waals surface area contributed by atoms with Gasteiger partial charge in [-0.2, -0.15) is 0 Å². The first kappa shape index (κ1) is 17.2. The Morgan fingerprint density at radius 3 is 2.91 bits per heavy atom. The summed E-state index contributed by atoms with van der Waals surface area (Å²) in [4.78, 5) is 22.8. The molecule has 0 bridgehead atoms. The highest BCUT2D eigenvalue weighted by Gasteiger charge is 2.22. The van der Waals surface area contributed by atoms with Gasteiger partial charge in [-0.15, -0.1) is 0 Å². The predicted molar refractivity (Wildman–Crippen MR) is 87.4 cm³/mol. The van der Waals surface area contributed by atoms with Crippen molar-refractivity contribution < 1.29 is 14.5 Å². The number of hydrogen-bond donors (Lipinski definition) is 2.